The van der Waals surface area contributed by atoms with Gasteiger partial charge in [0.15, 0.2) is 0 Å². The van der Waals surface area contributed by atoms with Crippen molar-refractivity contribution in [2.75, 3.05) is 44.8 Å². The molecule has 1 atom stereocenters. The first-order valence-electron chi connectivity index (χ1n) is 13.4. The Morgan fingerprint density at radius 1 is 1.11 bits per heavy atom. The van der Waals surface area contributed by atoms with Crippen LogP contribution in [0.2, 0.25) is 0 Å². The minimum atomic E-state index is -0.743. The van der Waals surface area contributed by atoms with Gasteiger partial charge in [-0.15, -0.1) is 12.4 Å². The highest BCUT2D eigenvalue weighted by Gasteiger charge is 2.34. The molecule has 0 bridgehead atoms. The normalized spacial score (nSPS) is 19.6. The largest absolute Gasteiger partial charge is 0.481 e. The molecule has 9 heteroatoms. The summed E-state index contributed by atoms with van der Waals surface area (Å²) in [4.78, 5) is 22.8. The minimum absolute atomic E-state index is 0. The van der Waals surface area contributed by atoms with Crippen LogP contribution in [0.1, 0.15) is 67.9 Å². The number of carbonyl (C=O) groups is 1. The van der Waals surface area contributed by atoms with Crippen LogP contribution in [0.25, 0.3) is 0 Å². The number of aromatic nitrogens is 2. The maximum absolute atomic E-state index is 11.3. The third-order valence-corrected chi connectivity index (χ3v) is 8.07. The van der Waals surface area contributed by atoms with Crippen LogP contribution >= 0.6 is 12.4 Å². The molecule has 3 aliphatic rings. The first-order chi connectivity index (χ1) is 17.6. The summed E-state index contributed by atoms with van der Waals surface area (Å²) in [6.07, 6.45) is 10.6. The van der Waals surface area contributed by atoms with E-state index in [0.29, 0.717) is 36.1 Å². The maximum Gasteiger partial charge on any atom is 0.303 e. The van der Waals surface area contributed by atoms with E-state index in [9.17, 15) is 9.90 Å². The van der Waals surface area contributed by atoms with Gasteiger partial charge < -0.3 is 24.8 Å². The Morgan fingerprint density at radius 3 is 2.54 bits per heavy atom. The van der Waals surface area contributed by atoms with Gasteiger partial charge in [-0.25, -0.2) is 9.97 Å². The number of pyridine rings is 2. The molecule has 0 amide bonds. The molecular weight excluding hydrogens is 492 g/mol. The van der Waals surface area contributed by atoms with Crippen LogP contribution in [0.5, 0.6) is 11.8 Å². The van der Waals surface area contributed by atoms with Crippen molar-refractivity contribution >= 4 is 24.1 Å². The van der Waals surface area contributed by atoms with E-state index in [2.05, 4.69) is 26.3 Å². The second-order valence-corrected chi connectivity index (χ2v) is 10.5. The zero-order valence-electron chi connectivity index (χ0n) is 21.6. The summed E-state index contributed by atoms with van der Waals surface area (Å²) < 4.78 is 11.6. The van der Waals surface area contributed by atoms with Crippen molar-refractivity contribution in [1.29, 1.82) is 0 Å². The van der Waals surface area contributed by atoms with E-state index in [1.54, 1.807) is 13.3 Å². The molecule has 2 saturated heterocycles. The van der Waals surface area contributed by atoms with E-state index in [4.69, 9.17) is 9.47 Å². The van der Waals surface area contributed by atoms with Gasteiger partial charge >= 0.3 is 5.97 Å². The number of hydrogen-bond donors (Lipinski definition) is 2. The van der Waals surface area contributed by atoms with E-state index in [-0.39, 0.29) is 24.7 Å². The molecule has 1 aliphatic carbocycles. The van der Waals surface area contributed by atoms with Gasteiger partial charge in [0.05, 0.1) is 20.1 Å². The SMILES string of the molecule is COc1cc(N2CCC(COc3cc(C(CC(=O)O)C4CC4)ccn3)CC2)c(C2CCNCC2)cn1.Cl. The third-order valence-electron chi connectivity index (χ3n) is 8.07. The predicted octanol–water partition coefficient (Wildman–Crippen LogP) is 4.64. The van der Waals surface area contributed by atoms with Crippen molar-refractivity contribution < 1.29 is 19.4 Å². The van der Waals surface area contributed by atoms with Crippen LogP contribution in [-0.4, -0.2) is 60.9 Å². The number of aliphatic carboxylic acids is 1. The first-order valence-corrected chi connectivity index (χ1v) is 13.4. The summed E-state index contributed by atoms with van der Waals surface area (Å²) in [5, 5.41) is 12.8. The fourth-order valence-electron chi connectivity index (χ4n) is 5.79. The first kappa shape index (κ1) is 27.5. The number of nitrogens with zero attached hydrogens (tertiary/aromatic N) is 3. The minimum Gasteiger partial charge on any atom is -0.481 e. The number of piperidine rings is 2. The summed E-state index contributed by atoms with van der Waals surface area (Å²) in [6, 6.07) is 6.01. The zero-order valence-corrected chi connectivity index (χ0v) is 22.4. The number of methoxy groups -OCH3 is 1. The van der Waals surface area contributed by atoms with E-state index in [1.807, 2.05) is 18.3 Å². The smallest absolute Gasteiger partial charge is 0.303 e. The van der Waals surface area contributed by atoms with Crippen LogP contribution in [0.3, 0.4) is 0 Å². The number of halogens is 1. The van der Waals surface area contributed by atoms with E-state index in [1.165, 1.54) is 11.3 Å². The fraction of sp³-hybridized carbons (Fsp3) is 0.607. The van der Waals surface area contributed by atoms with Gasteiger partial charge in [0.2, 0.25) is 11.8 Å². The van der Waals surface area contributed by atoms with Crippen LogP contribution in [-0.2, 0) is 4.79 Å². The molecule has 0 spiro atoms. The Kier molecular flexibility index (Phi) is 9.49. The number of ether oxygens (including phenoxy) is 2. The monoisotopic (exact) mass is 530 g/mol. The Morgan fingerprint density at radius 2 is 1.86 bits per heavy atom. The van der Waals surface area contributed by atoms with Crippen LogP contribution in [0.4, 0.5) is 5.69 Å². The molecule has 0 radical (unpaired) electrons. The Labute approximate surface area is 225 Å². The van der Waals surface area contributed by atoms with Gasteiger partial charge in [0, 0.05) is 43.3 Å². The number of carboxylic acid groups (broad SMARTS) is 1. The Balaban J connectivity index is 0.00000320. The maximum atomic E-state index is 11.3. The van der Waals surface area contributed by atoms with Gasteiger partial charge in [-0.1, -0.05) is 0 Å². The van der Waals surface area contributed by atoms with Crippen molar-refractivity contribution in [2.24, 2.45) is 11.8 Å². The Bertz CT molecular complexity index is 1040. The van der Waals surface area contributed by atoms with Gasteiger partial charge in [0.25, 0.3) is 0 Å². The third kappa shape index (κ3) is 7.05. The van der Waals surface area contributed by atoms with Crippen molar-refractivity contribution in [3.8, 4) is 11.8 Å². The van der Waals surface area contributed by atoms with Crippen molar-refractivity contribution in [3.05, 3.63) is 41.7 Å². The lowest BCUT2D eigenvalue weighted by Crippen LogP contribution is -2.37. The second kappa shape index (κ2) is 12.8. The molecule has 5 rings (SSSR count). The summed E-state index contributed by atoms with van der Waals surface area (Å²) in [5.74, 6) is 2.08. The number of anilines is 1. The molecule has 4 heterocycles. The second-order valence-electron chi connectivity index (χ2n) is 10.5. The molecule has 2 N–H and O–H groups in total. The molecule has 202 valence electrons. The number of carboxylic acids is 1. The lowest BCUT2D eigenvalue weighted by molar-refractivity contribution is -0.137. The molecule has 1 unspecified atom stereocenters. The number of nitrogens with one attached hydrogen (secondary N) is 1. The molecule has 0 aromatic carbocycles. The predicted molar refractivity (Wildman–Crippen MR) is 145 cm³/mol. The standard InChI is InChI=1S/C28H38N4O4.ClH/c1-35-26-16-25(24(17-31-26)21-4-9-29-10-5-21)32-12-7-19(8-13-32)18-36-27-14-22(6-11-30-27)23(15-28(33)34)20-2-3-20;/h6,11,14,16-17,19-21,23,29H,2-5,7-10,12-13,15,18H2,1H3,(H,33,34);1H. The molecule has 1 saturated carbocycles. The molecule has 2 aromatic heterocycles. The average molecular weight is 531 g/mol. The molecular formula is C28H39ClN4O4. The Hall–Kier alpha value is -2.58. The molecule has 3 fully saturated rings. The van der Waals surface area contributed by atoms with Gasteiger partial charge in [0.1, 0.15) is 0 Å². The van der Waals surface area contributed by atoms with Crippen molar-refractivity contribution in [1.82, 2.24) is 15.3 Å². The van der Waals surface area contributed by atoms with E-state index >= 15 is 0 Å². The lowest BCUT2D eigenvalue weighted by Gasteiger charge is -2.36. The summed E-state index contributed by atoms with van der Waals surface area (Å²) in [5.41, 5.74) is 3.66. The van der Waals surface area contributed by atoms with Gasteiger partial charge in [-0.05, 0) is 92.5 Å². The van der Waals surface area contributed by atoms with Crippen LogP contribution in [0.15, 0.2) is 30.6 Å². The molecule has 2 aromatic rings. The van der Waals surface area contributed by atoms with E-state index < -0.39 is 5.97 Å². The van der Waals surface area contributed by atoms with E-state index in [0.717, 1.165) is 70.3 Å². The van der Waals surface area contributed by atoms with Crippen molar-refractivity contribution in [2.45, 2.75) is 56.8 Å². The van der Waals surface area contributed by atoms with Gasteiger partial charge in [-0.3, -0.25) is 4.79 Å². The highest BCUT2D eigenvalue weighted by atomic mass is 35.5. The lowest BCUT2D eigenvalue weighted by atomic mass is 9.89. The van der Waals surface area contributed by atoms with Gasteiger partial charge in [-0.2, -0.15) is 0 Å². The highest BCUT2D eigenvalue weighted by Crippen LogP contribution is 2.45. The number of hydrogen-bond acceptors (Lipinski definition) is 7. The highest BCUT2D eigenvalue weighted by molar-refractivity contribution is 5.85. The van der Waals surface area contributed by atoms with Crippen LogP contribution in [0, 0.1) is 11.8 Å². The average Bonchev–Trinajstić information content (AvgIpc) is 3.76. The quantitative estimate of drug-likeness (QED) is 0.458. The summed E-state index contributed by atoms with van der Waals surface area (Å²) in [6.45, 7) is 4.72. The molecule has 8 nitrogen and oxygen atoms in total. The zero-order chi connectivity index (χ0) is 24.9. The topological polar surface area (TPSA) is 96.8 Å². The molecule has 37 heavy (non-hydrogen) atoms. The fourth-order valence-corrected chi connectivity index (χ4v) is 5.79. The summed E-state index contributed by atoms with van der Waals surface area (Å²) in [7, 11) is 1.68. The summed E-state index contributed by atoms with van der Waals surface area (Å²) >= 11 is 0. The molecule has 2 aliphatic heterocycles. The van der Waals surface area contributed by atoms with Crippen molar-refractivity contribution in [3.63, 3.8) is 0 Å². The number of rotatable bonds is 10. The van der Waals surface area contributed by atoms with Crippen LogP contribution < -0.4 is 19.7 Å².